The Morgan fingerprint density at radius 2 is 1.96 bits per heavy atom. The maximum atomic E-state index is 12.5. The molecule has 2 aromatic rings. The Bertz CT molecular complexity index is 732. The number of aromatic nitrogens is 2. The number of carbonyl (C=O) groups is 2. The van der Waals surface area contributed by atoms with Gasteiger partial charge in [-0.05, 0) is 31.4 Å². The number of rotatable bonds is 6. The largest absolute Gasteiger partial charge is 0.356 e. The summed E-state index contributed by atoms with van der Waals surface area (Å²) in [6, 6.07) is 7.92. The average Bonchev–Trinajstić information content (AvgIpc) is 3.20. The van der Waals surface area contributed by atoms with Crippen molar-refractivity contribution in [2.24, 2.45) is 0 Å². The second kappa shape index (κ2) is 7.47. The first kappa shape index (κ1) is 16.5. The van der Waals surface area contributed by atoms with Crippen LogP contribution in [0.25, 0.3) is 11.0 Å². The van der Waals surface area contributed by atoms with Gasteiger partial charge in [0.05, 0.1) is 11.0 Å². The molecule has 1 fully saturated rings. The minimum absolute atomic E-state index is 0.0206. The van der Waals surface area contributed by atoms with Gasteiger partial charge < -0.3 is 14.8 Å². The summed E-state index contributed by atoms with van der Waals surface area (Å²) in [5.74, 6) is 1.06. The van der Waals surface area contributed by atoms with Crippen molar-refractivity contribution in [3.63, 3.8) is 0 Å². The molecule has 0 radical (unpaired) electrons. The van der Waals surface area contributed by atoms with E-state index >= 15 is 0 Å². The van der Waals surface area contributed by atoms with E-state index in [-0.39, 0.29) is 11.8 Å². The van der Waals surface area contributed by atoms with Crippen molar-refractivity contribution in [1.29, 1.82) is 0 Å². The molecule has 3 rings (SSSR count). The highest BCUT2D eigenvalue weighted by molar-refractivity contribution is 5.81. The molecule has 2 amide bonds. The summed E-state index contributed by atoms with van der Waals surface area (Å²) in [4.78, 5) is 30.2. The number of benzene rings is 1. The van der Waals surface area contributed by atoms with E-state index < -0.39 is 0 Å². The van der Waals surface area contributed by atoms with Crippen LogP contribution in [0.4, 0.5) is 0 Å². The molecule has 2 heterocycles. The van der Waals surface area contributed by atoms with Crippen molar-refractivity contribution >= 4 is 22.8 Å². The molecule has 24 heavy (non-hydrogen) atoms. The molecule has 0 unspecified atom stereocenters. The number of fused-ring (bicyclic) bond motifs is 1. The van der Waals surface area contributed by atoms with E-state index in [2.05, 4.69) is 10.3 Å². The first-order chi connectivity index (χ1) is 11.6. The molecule has 1 aromatic carbocycles. The number of nitrogens with zero attached hydrogens (tertiary/aromatic N) is 3. The van der Waals surface area contributed by atoms with Crippen LogP contribution in [-0.2, 0) is 22.6 Å². The molecule has 6 nitrogen and oxygen atoms in total. The van der Waals surface area contributed by atoms with Crippen LogP contribution in [0.5, 0.6) is 0 Å². The lowest BCUT2D eigenvalue weighted by Crippen LogP contribution is -2.31. The summed E-state index contributed by atoms with van der Waals surface area (Å²) in [7, 11) is 0. The summed E-state index contributed by atoms with van der Waals surface area (Å²) in [5.41, 5.74) is 1.92. The fourth-order valence-corrected chi connectivity index (χ4v) is 3.21. The van der Waals surface area contributed by atoms with Crippen molar-refractivity contribution < 1.29 is 9.59 Å². The van der Waals surface area contributed by atoms with Crippen LogP contribution in [0.2, 0.25) is 0 Å². The highest BCUT2D eigenvalue weighted by Gasteiger charge is 2.20. The van der Waals surface area contributed by atoms with Gasteiger partial charge in [0, 0.05) is 33.0 Å². The fraction of sp³-hybridized carbons (Fsp3) is 0.500. The normalized spacial score (nSPS) is 14.3. The Hall–Kier alpha value is -2.37. The van der Waals surface area contributed by atoms with Crippen LogP contribution in [-0.4, -0.2) is 45.9 Å². The van der Waals surface area contributed by atoms with Gasteiger partial charge in [-0.2, -0.15) is 0 Å². The molecule has 0 spiro atoms. The first-order valence-corrected chi connectivity index (χ1v) is 8.61. The maximum Gasteiger partial charge on any atom is 0.242 e. The summed E-state index contributed by atoms with van der Waals surface area (Å²) in [6.45, 7) is 4.21. The second-order valence-corrected chi connectivity index (χ2v) is 6.28. The smallest absolute Gasteiger partial charge is 0.242 e. The van der Waals surface area contributed by atoms with Gasteiger partial charge in [-0.15, -0.1) is 0 Å². The van der Waals surface area contributed by atoms with E-state index in [9.17, 15) is 9.59 Å². The maximum absolute atomic E-state index is 12.5. The minimum Gasteiger partial charge on any atom is -0.356 e. The number of aryl methyl sites for hydroxylation is 1. The highest BCUT2D eigenvalue weighted by atomic mass is 16.2. The lowest BCUT2D eigenvalue weighted by molar-refractivity contribution is -0.130. The molecule has 0 atom stereocenters. The molecule has 0 bridgehead atoms. The van der Waals surface area contributed by atoms with Gasteiger partial charge in [0.15, 0.2) is 0 Å². The number of hydrogen-bond donors (Lipinski definition) is 1. The Balaban J connectivity index is 1.76. The third-order valence-electron chi connectivity index (χ3n) is 4.44. The molecule has 1 aromatic heterocycles. The number of amides is 2. The number of carbonyl (C=O) groups excluding carboxylic acids is 2. The number of para-hydroxylation sites is 2. The van der Waals surface area contributed by atoms with Crippen LogP contribution in [0.1, 0.15) is 32.0 Å². The van der Waals surface area contributed by atoms with Gasteiger partial charge >= 0.3 is 0 Å². The monoisotopic (exact) mass is 328 g/mol. The van der Waals surface area contributed by atoms with Crippen molar-refractivity contribution in [1.82, 2.24) is 19.8 Å². The molecular weight excluding hydrogens is 304 g/mol. The lowest BCUT2D eigenvalue weighted by atomic mass is 10.3. The first-order valence-electron chi connectivity index (χ1n) is 8.61. The number of imidazole rings is 1. The third-order valence-corrected chi connectivity index (χ3v) is 4.44. The molecule has 128 valence electrons. The SMILES string of the molecule is CC(=O)NCCCc1nc2ccccc2n1CC(=O)N1CCCC1. The number of nitrogens with one attached hydrogen (secondary N) is 1. The fourth-order valence-electron chi connectivity index (χ4n) is 3.21. The molecule has 1 N–H and O–H groups in total. The van der Waals surface area contributed by atoms with Crippen LogP contribution in [0, 0.1) is 0 Å². The summed E-state index contributed by atoms with van der Waals surface area (Å²) < 4.78 is 2.03. The average molecular weight is 328 g/mol. The van der Waals surface area contributed by atoms with E-state index in [0.29, 0.717) is 13.1 Å². The van der Waals surface area contributed by atoms with E-state index in [1.165, 1.54) is 6.92 Å². The van der Waals surface area contributed by atoms with Gasteiger partial charge in [0.1, 0.15) is 12.4 Å². The number of hydrogen-bond acceptors (Lipinski definition) is 3. The van der Waals surface area contributed by atoms with Gasteiger partial charge in [0.25, 0.3) is 0 Å². The van der Waals surface area contributed by atoms with E-state index in [1.54, 1.807) is 0 Å². The van der Waals surface area contributed by atoms with Gasteiger partial charge in [-0.3, -0.25) is 9.59 Å². The second-order valence-electron chi connectivity index (χ2n) is 6.28. The molecule has 1 aliphatic rings. The van der Waals surface area contributed by atoms with Crippen LogP contribution in [0.3, 0.4) is 0 Å². The van der Waals surface area contributed by atoms with Crippen molar-refractivity contribution in [3.05, 3.63) is 30.1 Å². The van der Waals surface area contributed by atoms with Gasteiger partial charge in [-0.1, -0.05) is 12.1 Å². The molecule has 0 aliphatic carbocycles. The predicted octanol–water partition coefficient (Wildman–Crippen LogP) is 1.73. The summed E-state index contributed by atoms with van der Waals surface area (Å²) in [6.07, 6.45) is 3.74. The summed E-state index contributed by atoms with van der Waals surface area (Å²) >= 11 is 0. The van der Waals surface area contributed by atoms with Gasteiger partial charge in [-0.25, -0.2) is 4.98 Å². The molecule has 0 saturated carbocycles. The van der Waals surface area contributed by atoms with Crippen LogP contribution < -0.4 is 5.32 Å². The Labute approximate surface area is 141 Å². The zero-order valence-electron chi connectivity index (χ0n) is 14.1. The topological polar surface area (TPSA) is 67.2 Å². The number of likely N-dealkylation sites (tertiary alicyclic amines) is 1. The van der Waals surface area contributed by atoms with Crippen LogP contribution in [0.15, 0.2) is 24.3 Å². The minimum atomic E-state index is -0.0206. The van der Waals surface area contributed by atoms with E-state index in [1.807, 2.05) is 33.7 Å². The Morgan fingerprint density at radius 1 is 1.21 bits per heavy atom. The van der Waals surface area contributed by atoms with Crippen molar-refractivity contribution in [2.45, 2.75) is 39.2 Å². The molecular formula is C18H24N4O2. The molecule has 6 heteroatoms. The highest BCUT2D eigenvalue weighted by Crippen LogP contribution is 2.18. The standard InChI is InChI=1S/C18H24N4O2/c1-14(23)19-10-6-9-17-20-15-7-2-3-8-16(15)22(17)13-18(24)21-11-4-5-12-21/h2-3,7-8H,4-6,9-13H2,1H3,(H,19,23). The zero-order valence-corrected chi connectivity index (χ0v) is 14.1. The molecule has 1 saturated heterocycles. The zero-order chi connectivity index (χ0) is 16.9. The molecule has 1 aliphatic heterocycles. The summed E-state index contributed by atoms with van der Waals surface area (Å²) in [5, 5.41) is 2.80. The Kier molecular flexibility index (Phi) is 5.13. The van der Waals surface area contributed by atoms with Crippen LogP contribution >= 0.6 is 0 Å². The van der Waals surface area contributed by atoms with Crippen molar-refractivity contribution in [3.8, 4) is 0 Å². The van der Waals surface area contributed by atoms with E-state index in [0.717, 1.165) is 55.6 Å². The Morgan fingerprint density at radius 3 is 2.71 bits per heavy atom. The quantitative estimate of drug-likeness (QED) is 0.821. The van der Waals surface area contributed by atoms with Gasteiger partial charge in [0.2, 0.25) is 11.8 Å². The van der Waals surface area contributed by atoms with E-state index in [4.69, 9.17) is 0 Å². The lowest BCUT2D eigenvalue weighted by Gasteiger charge is -2.17. The van der Waals surface area contributed by atoms with Crippen molar-refractivity contribution in [2.75, 3.05) is 19.6 Å². The third kappa shape index (κ3) is 3.75. The predicted molar refractivity (Wildman–Crippen MR) is 92.6 cm³/mol.